The van der Waals surface area contributed by atoms with Crippen LogP contribution in [0.3, 0.4) is 0 Å². The number of hydrogen-bond donors (Lipinski definition) is 2. The molecule has 1 amide bonds. The molecule has 0 radical (unpaired) electrons. The number of rotatable bonds is 9. The van der Waals surface area contributed by atoms with Crippen molar-refractivity contribution in [2.75, 3.05) is 6.61 Å². The number of benzene rings is 1. The van der Waals surface area contributed by atoms with E-state index in [1.807, 2.05) is 52.7 Å². The van der Waals surface area contributed by atoms with Crippen molar-refractivity contribution in [3.63, 3.8) is 0 Å². The molecule has 0 heterocycles. The van der Waals surface area contributed by atoms with Crippen molar-refractivity contribution in [1.82, 2.24) is 5.32 Å². The van der Waals surface area contributed by atoms with Crippen LogP contribution in [0.1, 0.15) is 98.6 Å². The van der Waals surface area contributed by atoms with Crippen LogP contribution in [0.2, 0.25) is 0 Å². The molecule has 0 aromatic heterocycles. The number of nitrogens with one attached hydrogen (secondary N) is 2. The molecule has 0 saturated carbocycles. The molecule has 5 heteroatoms. The number of aryl methyl sites for hydroxylation is 1. The Morgan fingerprint density at radius 1 is 0.970 bits per heavy atom. The van der Waals surface area contributed by atoms with Crippen molar-refractivity contribution in [3.05, 3.63) is 47.1 Å². The number of carbonyl (C=O) groups is 2. The predicted molar refractivity (Wildman–Crippen MR) is 144 cm³/mol. The average Bonchev–Trinajstić information content (AvgIpc) is 2.81. The first-order chi connectivity index (χ1) is 15.6. The van der Waals surface area contributed by atoms with Crippen molar-refractivity contribution in [1.29, 1.82) is 5.41 Å². The molecule has 0 spiro atoms. The summed E-state index contributed by atoms with van der Waals surface area (Å²) >= 11 is 0. The van der Waals surface area contributed by atoms with Gasteiger partial charge in [0.15, 0.2) is 0 Å². The fourth-order valence-corrected chi connectivity index (χ4v) is 2.29. The van der Waals surface area contributed by atoms with E-state index in [1.54, 1.807) is 6.92 Å². The summed E-state index contributed by atoms with van der Waals surface area (Å²) in [5.41, 5.74) is 4.11. The molecule has 188 valence electrons. The molecule has 2 N–H and O–H groups in total. The minimum Gasteiger partial charge on any atom is -0.493 e. The van der Waals surface area contributed by atoms with Gasteiger partial charge in [-0.05, 0) is 51.8 Å². The summed E-state index contributed by atoms with van der Waals surface area (Å²) in [6.45, 7) is 24.6. The SMILES string of the molecule is C=C(NC(=O)/C(C)=C(\C)C(=N)CCC)c1cc(C)ccc1OCC.C=O.CCC.CCCC. The lowest BCUT2D eigenvalue weighted by atomic mass is 10.0. The highest BCUT2D eigenvalue weighted by atomic mass is 16.5. The highest BCUT2D eigenvalue weighted by Gasteiger charge is 2.14. The van der Waals surface area contributed by atoms with E-state index < -0.39 is 0 Å². The first-order valence-corrected chi connectivity index (χ1v) is 11.9. The third kappa shape index (κ3) is 15.7. The molecule has 0 atom stereocenters. The quantitative estimate of drug-likeness (QED) is 0.293. The molecule has 1 aromatic carbocycles. The number of carbonyl (C=O) groups excluding carboxylic acids is 2. The van der Waals surface area contributed by atoms with E-state index in [4.69, 9.17) is 14.9 Å². The van der Waals surface area contributed by atoms with Crippen LogP contribution in [-0.4, -0.2) is 25.0 Å². The minimum atomic E-state index is -0.234. The molecular weight excluding hydrogens is 412 g/mol. The zero-order valence-corrected chi connectivity index (χ0v) is 22.6. The molecule has 0 saturated heterocycles. The Bertz CT molecular complexity index is 735. The lowest BCUT2D eigenvalue weighted by Crippen LogP contribution is -2.24. The third-order valence-electron chi connectivity index (χ3n) is 4.38. The number of allylic oxidation sites excluding steroid dienone is 1. The smallest absolute Gasteiger partial charge is 0.251 e. The van der Waals surface area contributed by atoms with E-state index in [9.17, 15) is 4.79 Å². The van der Waals surface area contributed by atoms with E-state index in [1.165, 1.54) is 19.3 Å². The lowest BCUT2D eigenvalue weighted by molar-refractivity contribution is -0.116. The Balaban J connectivity index is -0.000000861. The Morgan fingerprint density at radius 2 is 1.48 bits per heavy atom. The highest BCUT2D eigenvalue weighted by molar-refractivity contribution is 6.07. The molecule has 0 fully saturated rings. The molecule has 0 unspecified atom stereocenters. The first-order valence-electron chi connectivity index (χ1n) is 11.9. The van der Waals surface area contributed by atoms with Gasteiger partial charge >= 0.3 is 0 Å². The van der Waals surface area contributed by atoms with Gasteiger partial charge in [-0.1, -0.05) is 78.5 Å². The average molecular weight is 461 g/mol. The first kappa shape index (κ1) is 34.9. The van der Waals surface area contributed by atoms with Crippen molar-refractivity contribution in [2.45, 2.75) is 94.4 Å². The summed E-state index contributed by atoms with van der Waals surface area (Å²) in [6.07, 6.45) is 5.45. The highest BCUT2D eigenvalue weighted by Crippen LogP contribution is 2.25. The van der Waals surface area contributed by atoms with Gasteiger partial charge in [0.25, 0.3) is 5.91 Å². The second kappa shape index (κ2) is 22.5. The van der Waals surface area contributed by atoms with Crippen LogP contribution in [0.5, 0.6) is 5.75 Å². The zero-order chi connectivity index (χ0) is 26.4. The fourth-order valence-electron chi connectivity index (χ4n) is 2.29. The molecule has 5 nitrogen and oxygen atoms in total. The zero-order valence-electron chi connectivity index (χ0n) is 22.6. The van der Waals surface area contributed by atoms with Gasteiger partial charge in [-0.25, -0.2) is 0 Å². The number of amides is 1. The Morgan fingerprint density at radius 3 is 1.91 bits per heavy atom. The van der Waals surface area contributed by atoms with Crippen molar-refractivity contribution in [3.8, 4) is 5.75 Å². The van der Waals surface area contributed by atoms with Crippen LogP contribution in [0, 0.1) is 12.3 Å². The molecule has 0 aliphatic heterocycles. The third-order valence-corrected chi connectivity index (χ3v) is 4.38. The van der Waals surface area contributed by atoms with Crippen molar-refractivity contribution < 1.29 is 14.3 Å². The van der Waals surface area contributed by atoms with Crippen LogP contribution in [0.25, 0.3) is 5.70 Å². The fraction of sp³-hybridized carbons (Fsp3) is 0.536. The maximum atomic E-state index is 12.5. The summed E-state index contributed by atoms with van der Waals surface area (Å²) in [7, 11) is 0. The number of unbranched alkanes of at least 4 members (excludes halogenated alkanes) is 1. The molecule has 1 aromatic rings. The van der Waals surface area contributed by atoms with Gasteiger partial charge in [-0.15, -0.1) is 0 Å². The van der Waals surface area contributed by atoms with Crippen LogP contribution in [0.15, 0.2) is 35.9 Å². The van der Waals surface area contributed by atoms with E-state index in [0.717, 1.165) is 23.1 Å². The van der Waals surface area contributed by atoms with E-state index in [-0.39, 0.29) is 5.91 Å². The van der Waals surface area contributed by atoms with E-state index in [0.29, 0.717) is 35.8 Å². The van der Waals surface area contributed by atoms with Gasteiger partial charge in [0.2, 0.25) is 0 Å². The van der Waals surface area contributed by atoms with E-state index in [2.05, 4.69) is 39.6 Å². The van der Waals surface area contributed by atoms with Gasteiger partial charge in [0.05, 0.1) is 6.61 Å². The number of ether oxygens (including phenoxy) is 1. The second-order valence-corrected chi connectivity index (χ2v) is 7.55. The summed E-state index contributed by atoms with van der Waals surface area (Å²) in [5.74, 6) is 0.466. The topological polar surface area (TPSA) is 79.2 Å². The molecular formula is C28H48N2O3. The van der Waals surface area contributed by atoms with Gasteiger partial charge in [-0.3, -0.25) is 4.79 Å². The largest absolute Gasteiger partial charge is 0.493 e. The summed E-state index contributed by atoms with van der Waals surface area (Å²) in [6, 6.07) is 5.79. The molecule has 1 rings (SSSR count). The van der Waals surface area contributed by atoms with Gasteiger partial charge in [0.1, 0.15) is 12.5 Å². The maximum absolute atomic E-state index is 12.5. The summed E-state index contributed by atoms with van der Waals surface area (Å²) in [4.78, 5) is 20.5. The normalized spacial score (nSPS) is 9.97. The molecule has 33 heavy (non-hydrogen) atoms. The molecule has 0 bridgehead atoms. The van der Waals surface area contributed by atoms with Crippen LogP contribution < -0.4 is 10.1 Å². The molecule has 0 aliphatic carbocycles. The van der Waals surface area contributed by atoms with Crippen molar-refractivity contribution >= 4 is 24.1 Å². The lowest BCUT2D eigenvalue weighted by Gasteiger charge is -2.15. The van der Waals surface area contributed by atoms with Crippen LogP contribution in [0.4, 0.5) is 0 Å². The Hall–Kier alpha value is -2.69. The van der Waals surface area contributed by atoms with Crippen LogP contribution >= 0.6 is 0 Å². The second-order valence-electron chi connectivity index (χ2n) is 7.55. The summed E-state index contributed by atoms with van der Waals surface area (Å²) in [5, 5.41) is 10.8. The summed E-state index contributed by atoms with van der Waals surface area (Å²) < 4.78 is 5.61. The van der Waals surface area contributed by atoms with Crippen LogP contribution in [-0.2, 0) is 9.59 Å². The standard InChI is InChI=1S/C20H28N2O2.C4H10.C3H8.CH2O/c1-7-9-18(21)14(4)15(5)20(23)22-16(6)17-12-13(3)10-11-19(17)24-8-2;1-3-4-2;1-3-2;1-2/h10-12,21H,6-9H2,1-5H3,(H,22,23);3-4H2,1-2H3;3H2,1-2H3;1H2/b15-14+,21-18?;;;. The maximum Gasteiger partial charge on any atom is 0.251 e. The number of hydrogen-bond acceptors (Lipinski definition) is 4. The Kier molecular flexibility index (Phi) is 23.8. The van der Waals surface area contributed by atoms with E-state index >= 15 is 0 Å². The van der Waals surface area contributed by atoms with Crippen molar-refractivity contribution in [2.24, 2.45) is 0 Å². The van der Waals surface area contributed by atoms with Gasteiger partial charge in [0, 0.05) is 22.5 Å². The minimum absolute atomic E-state index is 0.234. The predicted octanol–water partition coefficient (Wildman–Crippen LogP) is 7.67. The van der Waals surface area contributed by atoms with Gasteiger partial charge < -0.3 is 20.3 Å². The Labute approximate surface area is 203 Å². The molecule has 0 aliphatic rings. The van der Waals surface area contributed by atoms with Gasteiger partial charge in [-0.2, -0.15) is 0 Å². The monoisotopic (exact) mass is 460 g/mol.